The van der Waals surface area contributed by atoms with Gasteiger partial charge in [-0.3, -0.25) is 9.69 Å². The van der Waals surface area contributed by atoms with Crippen LogP contribution in [0.4, 0.5) is 14.9 Å². The molecule has 0 spiro atoms. The topological polar surface area (TPSA) is 93.9 Å². The van der Waals surface area contributed by atoms with Gasteiger partial charge in [-0.05, 0) is 69.4 Å². The Morgan fingerprint density at radius 3 is 2.70 bits per heavy atom. The lowest BCUT2D eigenvalue weighted by Gasteiger charge is -2.34. The number of carboxylic acid groups (broad SMARTS) is 1. The number of halogens is 1. The van der Waals surface area contributed by atoms with Crippen LogP contribution in [-0.2, 0) is 22.4 Å². The number of nitrogens with zero attached hydrogens (tertiary/aromatic N) is 3. The van der Waals surface area contributed by atoms with Crippen LogP contribution in [0.15, 0.2) is 30.3 Å². The van der Waals surface area contributed by atoms with Gasteiger partial charge in [-0.1, -0.05) is 6.42 Å². The number of imidazole rings is 1. The normalized spacial score (nSPS) is 21.5. The average Bonchev–Trinajstić information content (AvgIpc) is 3.26. The number of carbonyl (C=O) groups excluding carboxylic acids is 1. The summed E-state index contributed by atoms with van der Waals surface area (Å²) in [5.41, 5.74) is 4.12. The monoisotopic (exact) mass is 509 g/mol. The maximum absolute atomic E-state index is 14.2. The number of aromatic nitrogens is 2. The van der Waals surface area contributed by atoms with Crippen LogP contribution in [0.1, 0.15) is 62.0 Å². The summed E-state index contributed by atoms with van der Waals surface area (Å²) in [5.74, 6) is -0.253. The highest BCUT2D eigenvalue weighted by molar-refractivity contribution is 5.95. The molecule has 1 fully saturated rings. The number of aryl methyl sites for hydroxylation is 1. The van der Waals surface area contributed by atoms with Crippen molar-refractivity contribution in [2.75, 3.05) is 19.1 Å². The first-order chi connectivity index (χ1) is 17.8. The summed E-state index contributed by atoms with van der Waals surface area (Å²) in [5, 5.41) is 9.73. The lowest BCUT2D eigenvalue weighted by atomic mass is 9.85. The highest BCUT2D eigenvalue weighted by Crippen LogP contribution is 2.41. The van der Waals surface area contributed by atoms with Gasteiger partial charge < -0.3 is 19.1 Å². The van der Waals surface area contributed by atoms with Crippen LogP contribution in [0.3, 0.4) is 0 Å². The molecule has 1 amide bonds. The Hall–Kier alpha value is -3.62. The van der Waals surface area contributed by atoms with Crippen molar-refractivity contribution in [1.29, 1.82) is 0 Å². The minimum Gasteiger partial charge on any atom is -0.496 e. The van der Waals surface area contributed by atoms with Crippen LogP contribution in [0.25, 0.3) is 11.0 Å². The van der Waals surface area contributed by atoms with Crippen molar-refractivity contribution < 1.29 is 28.6 Å². The largest absolute Gasteiger partial charge is 0.496 e. The van der Waals surface area contributed by atoms with Crippen molar-refractivity contribution in [3.63, 3.8) is 0 Å². The van der Waals surface area contributed by atoms with Crippen LogP contribution in [-0.4, -0.2) is 47.0 Å². The molecule has 196 valence electrons. The molecule has 2 aromatic carbocycles. The molecule has 1 saturated carbocycles. The molecule has 1 aromatic heterocycles. The van der Waals surface area contributed by atoms with Gasteiger partial charge in [0.25, 0.3) is 0 Å². The zero-order valence-electron chi connectivity index (χ0n) is 21.4. The van der Waals surface area contributed by atoms with Crippen LogP contribution in [0.2, 0.25) is 0 Å². The van der Waals surface area contributed by atoms with E-state index in [1.807, 2.05) is 19.1 Å². The maximum atomic E-state index is 14.2. The molecule has 2 heterocycles. The number of benzene rings is 2. The molecule has 5 rings (SSSR count). The van der Waals surface area contributed by atoms with E-state index in [2.05, 4.69) is 4.57 Å². The number of ether oxygens (including phenoxy) is 2. The Labute approximate surface area is 215 Å². The maximum Gasteiger partial charge on any atom is 0.414 e. The number of aliphatic carboxylic acids is 1. The van der Waals surface area contributed by atoms with Gasteiger partial charge in [-0.25, -0.2) is 14.2 Å². The second-order valence-electron chi connectivity index (χ2n) is 10.0. The second-order valence-corrected chi connectivity index (χ2v) is 10.0. The predicted octanol–water partition coefficient (Wildman–Crippen LogP) is 5.50. The fourth-order valence-electron chi connectivity index (χ4n) is 6.03. The highest BCUT2D eigenvalue weighted by Gasteiger charge is 2.34. The molecule has 1 aliphatic carbocycles. The zero-order chi connectivity index (χ0) is 26.3. The smallest absolute Gasteiger partial charge is 0.414 e. The Morgan fingerprint density at radius 2 is 1.97 bits per heavy atom. The number of anilines is 1. The highest BCUT2D eigenvalue weighted by atomic mass is 19.1. The van der Waals surface area contributed by atoms with Crippen LogP contribution in [0.5, 0.6) is 5.75 Å². The van der Waals surface area contributed by atoms with E-state index in [9.17, 15) is 19.1 Å². The van der Waals surface area contributed by atoms with E-state index in [0.29, 0.717) is 30.6 Å². The molecule has 3 atom stereocenters. The molecule has 8 nitrogen and oxygen atoms in total. The van der Waals surface area contributed by atoms with E-state index in [4.69, 9.17) is 14.5 Å². The number of hydrogen-bond acceptors (Lipinski definition) is 5. The number of carbonyl (C=O) groups is 2. The molecule has 1 aliphatic heterocycles. The van der Waals surface area contributed by atoms with Gasteiger partial charge in [0, 0.05) is 29.6 Å². The fraction of sp³-hybridized carbons (Fsp3) is 0.464. The van der Waals surface area contributed by atoms with Gasteiger partial charge in [-0.15, -0.1) is 0 Å². The van der Waals surface area contributed by atoms with E-state index >= 15 is 0 Å². The van der Waals surface area contributed by atoms with E-state index < -0.39 is 18.0 Å². The first-order valence-corrected chi connectivity index (χ1v) is 12.8. The number of rotatable bonds is 5. The molecule has 3 aromatic rings. The third kappa shape index (κ3) is 4.51. The molecule has 1 N–H and O–H groups in total. The number of hydrogen-bond donors (Lipinski definition) is 1. The summed E-state index contributed by atoms with van der Waals surface area (Å²) in [7, 11) is 2.93. The summed E-state index contributed by atoms with van der Waals surface area (Å²) in [4.78, 5) is 31.2. The number of fused-ring (bicyclic) bond motifs is 3. The van der Waals surface area contributed by atoms with Crippen LogP contribution < -0.4 is 9.64 Å². The van der Waals surface area contributed by atoms with Crippen molar-refractivity contribution in [2.24, 2.45) is 5.92 Å². The van der Waals surface area contributed by atoms with Crippen molar-refractivity contribution in [3.8, 4) is 5.75 Å². The summed E-state index contributed by atoms with van der Waals surface area (Å²) in [6, 6.07) is 8.27. The molecule has 1 unspecified atom stereocenters. The first-order valence-electron chi connectivity index (χ1n) is 12.8. The number of methoxy groups -OCH3 is 2. The standard InChI is InChI=1S/C28H32FN3O5/c1-16-7-9-21-22(31(16)28(35)37-3)10-11-23-26(21)30-25(15-18-13-19(29)8-12-24(18)36-2)32(23)20-6-4-5-17(14-20)27(33)34/h8,10-13,16-17,20H,4-7,9,14-15H2,1-3H3,(H,33,34)/t16?,17-,20-/m1/s1. The zero-order valence-corrected chi connectivity index (χ0v) is 21.4. The van der Waals surface area contributed by atoms with Gasteiger partial charge >= 0.3 is 12.1 Å². The minimum absolute atomic E-state index is 0.00909. The Bertz CT molecular complexity index is 1350. The Morgan fingerprint density at radius 1 is 1.16 bits per heavy atom. The summed E-state index contributed by atoms with van der Waals surface area (Å²) in [6.07, 6.45) is 4.26. The van der Waals surface area contributed by atoms with Crippen LogP contribution >= 0.6 is 0 Å². The van der Waals surface area contributed by atoms with E-state index in [1.54, 1.807) is 18.1 Å². The van der Waals surface area contributed by atoms with Gasteiger partial charge in [0.1, 0.15) is 17.4 Å². The molecule has 0 bridgehead atoms. The number of carboxylic acids is 1. The molecular weight excluding hydrogens is 477 g/mol. The van der Waals surface area contributed by atoms with E-state index in [0.717, 1.165) is 53.8 Å². The van der Waals surface area contributed by atoms with E-state index in [1.165, 1.54) is 19.2 Å². The van der Waals surface area contributed by atoms with Gasteiger partial charge in [-0.2, -0.15) is 0 Å². The van der Waals surface area contributed by atoms with Gasteiger partial charge in [0.2, 0.25) is 0 Å². The van der Waals surface area contributed by atoms with Gasteiger partial charge in [0.05, 0.1) is 36.9 Å². The molecule has 9 heteroatoms. The third-order valence-corrected chi connectivity index (χ3v) is 7.85. The van der Waals surface area contributed by atoms with Crippen molar-refractivity contribution in [3.05, 3.63) is 53.1 Å². The SMILES string of the molecule is COC(=O)N1c2ccc3c(nc(Cc4cc(F)ccc4OC)n3[C@@H]3CCC[C@@H](C(=O)O)C3)c2CCC1C. The summed E-state index contributed by atoms with van der Waals surface area (Å²) >= 11 is 0. The quantitative estimate of drug-likeness (QED) is 0.488. The summed E-state index contributed by atoms with van der Waals surface area (Å²) < 4.78 is 26.9. The molecule has 0 saturated heterocycles. The van der Waals surface area contributed by atoms with Crippen molar-refractivity contribution in [1.82, 2.24) is 9.55 Å². The third-order valence-electron chi connectivity index (χ3n) is 7.85. The Balaban J connectivity index is 1.68. The predicted molar refractivity (Wildman–Crippen MR) is 137 cm³/mol. The number of amides is 1. The average molecular weight is 510 g/mol. The lowest BCUT2D eigenvalue weighted by Crippen LogP contribution is -2.42. The van der Waals surface area contributed by atoms with Crippen molar-refractivity contribution >= 4 is 28.8 Å². The minimum atomic E-state index is -0.775. The molecule has 0 radical (unpaired) electrons. The van der Waals surface area contributed by atoms with Crippen molar-refractivity contribution in [2.45, 2.75) is 64.0 Å². The Kier molecular flexibility index (Phi) is 6.79. The molecule has 37 heavy (non-hydrogen) atoms. The van der Waals surface area contributed by atoms with E-state index in [-0.39, 0.29) is 17.9 Å². The molecule has 2 aliphatic rings. The van der Waals surface area contributed by atoms with Gasteiger partial charge in [0.15, 0.2) is 0 Å². The molecular formula is C28H32FN3O5. The lowest BCUT2D eigenvalue weighted by molar-refractivity contribution is -0.143. The first kappa shape index (κ1) is 25.0. The fourth-order valence-corrected chi connectivity index (χ4v) is 6.03. The summed E-state index contributed by atoms with van der Waals surface area (Å²) in [6.45, 7) is 2.00. The van der Waals surface area contributed by atoms with Crippen LogP contribution in [0, 0.1) is 11.7 Å². The second kappa shape index (κ2) is 10.0.